The summed E-state index contributed by atoms with van der Waals surface area (Å²) in [6, 6.07) is 1.20. The molecule has 3 atom stereocenters. The van der Waals surface area contributed by atoms with Gasteiger partial charge in [-0.25, -0.2) is 0 Å². The normalized spacial score (nSPS) is 38.6. The van der Waals surface area contributed by atoms with Crippen molar-refractivity contribution in [2.24, 2.45) is 5.92 Å². The van der Waals surface area contributed by atoms with Gasteiger partial charge in [0, 0.05) is 18.6 Å². The van der Waals surface area contributed by atoms with Crippen molar-refractivity contribution in [1.82, 2.24) is 10.2 Å². The molecule has 2 saturated heterocycles. The number of likely N-dealkylation sites (tertiary alicyclic amines) is 1. The number of nitrogens with zero attached hydrogens (tertiary/aromatic N) is 1. The van der Waals surface area contributed by atoms with Gasteiger partial charge >= 0.3 is 0 Å². The number of rotatable bonds is 3. The van der Waals surface area contributed by atoms with E-state index in [0.717, 1.165) is 18.9 Å². The van der Waals surface area contributed by atoms with E-state index in [1.807, 2.05) is 0 Å². The molecule has 17 heavy (non-hydrogen) atoms. The lowest BCUT2D eigenvalue weighted by Crippen LogP contribution is -2.42. The van der Waals surface area contributed by atoms with Crippen LogP contribution in [0.5, 0.6) is 0 Å². The average molecular weight is 263 g/mol. The van der Waals surface area contributed by atoms with Crippen molar-refractivity contribution in [1.29, 1.82) is 0 Å². The minimum Gasteiger partial charge on any atom is -0.359 e. The van der Waals surface area contributed by atoms with E-state index in [1.54, 1.807) is 0 Å². The Morgan fingerprint density at radius 3 is 2.65 bits per heavy atom. The van der Waals surface area contributed by atoms with E-state index >= 15 is 0 Å². The second-order valence-corrected chi connectivity index (χ2v) is 6.03. The standard InChI is InChI=1S/C13H26N2O.ClH/c1-10(2)15-6-5-12(8-15)7-13(4)14-11(3)9-16-13;/h10-12,14H,5-9H2,1-4H3;1H. The lowest BCUT2D eigenvalue weighted by atomic mass is 9.97. The molecule has 0 saturated carbocycles. The molecule has 0 aromatic carbocycles. The fraction of sp³-hybridized carbons (Fsp3) is 1.00. The van der Waals surface area contributed by atoms with Gasteiger partial charge in [0.05, 0.1) is 6.61 Å². The molecule has 2 heterocycles. The largest absolute Gasteiger partial charge is 0.359 e. The van der Waals surface area contributed by atoms with Gasteiger partial charge < -0.3 is 9.64 Å². The first kappa shape index (κ1) is 15.2. The summed E-state index contributed by atoms with van der Waals surface area (Å²) in [4.78, 5) is 2.58. The Morgan fingerprint density at radius 2 is 2.18 bits per heavy atom. The fourth-order valence-electron chi connectivity index (χ4n) is 3.08. The smallest absolute Gasteiger partial charge is 0.117 e. The zero-order chi connectivity index (χ0) is 11.8. The van der Waals surface area contributed by atoms with E-state index in [4.69, 9.17) is 4.74 Å². The SMILES string of the molecule is CC1COC(C)(CC2CCN(C(C)C)C2)N1.Cl. The van der Waals surface area contributed by atoms with E-state index in [2.05, 4.69) is 37.9 Å². The predicted molar refractivity (Wildman–Crippen MR) is 73.6 cm³/mol. The highest BCUT2D eigenvalue weighted by atomic mass is 35.5. The van der Waals surface area contributed by atoms with Crippen molar-refractivity contribution in [3.8, 4) is 0 Å². The van der Waals surface area contributed by atoms with Gasteiger partial charge in [-0.05, 0) is 53.0 Å². The molecule has 0 bridgehead atoms. The maximum Gasteiger partial charge on any atom is 0.117 e. The summed E-state index contributed by atoms with van der Waals surface area (Å²) in [6.07, 6.45) is 2.48. The lowest BCUT2D eigenvalue weighted by Gasteiger charge is -2.28. The molecule has 0 aliphatic carbocycles. The Labute approximate surface area is 112 Å². The van der Waals surface area contributed by atoms with Crippen molar-refractivity contribution >= 4 is 12.4 Å². The Bertz CT molecular complexity index is 250. The highest BCUT2D eigenvalue weighted by Crippen LogP contribution is 2.30. The van der Waals surface area contributed by atoms with E-state index in [9.17, 15) is 0 Å². The van der Waals surface area contributed by atoms with Gasteiger partial charge in [-0.15, -0.1) is 12.4 Å². The van der Waals surface area contributed by atoms with E-state index < -0.39 is 0 Å². The molecule has 2 aliphatic heterocycles. The van der Waals surface area contributed by atoms with Gasteiger partial charge in [-0.2, -0.15) is 0 Å². The van der Waals surface area contributed by atoms with Crippen LogP contribution >= 0.6 is 12.4 Å². The Kier molecular flexibility index (Phi) is 5.26. The third-order valence-electron chi connectivity index (χ3n) is 3.93. The minimum atomic E-state index is -0.0723. The molecular weight excluding hydrogens is 236 g/mol. The van der Waals surface area contributed by atoms with Crippen LogP contribution in [-0.2, 0) is 4.74 Å². The van der Waals surface area contributed by atoms with Crippen LogP contribution in [-0.4, -0.2) is 42.4 Å². The van der Waals surface area contributed by atoms with E-state index in [0.29, 0.717) is 12.1 Å². The van der Waals surface area contributed by atoms with Crippen LogP contribution in [0, 0.1) is 5.92 Å². The molecule has 0 aromatic heterocycles. The number of ether oxygens (including phenoxy) is 1. The first-order chi connectivity index (χ1) is 7.48. The van der Waals surface area contributed by atoms with Gasteiger partial charge in [0.15, 0.2) is 0 Å². The molecule has 0 amide bonds. The molecular formula is C13H27ClN2O. The van der Waals surface area contributed by atoms with Crippen molar-refractivity contribution in [3.63, 3.8) is 0 Å². The first-order valence-electron chi connectivity index (χ1n) is 6.64. The Hall–Kier alpha value is 0.170. The van der Waals surface area contributed by atoms with Crippen LogP contribution in [0.15, 0.2) is 0 Å². The maximum absolute atomic E-state index is 5.88. The number of nitrogens with one attached hydrogen (secondary N) is 1. The molecule has 4 heteroatoms. The molecule has 0 aromatic rings. The number of hydrogen-bond donors (Lipinski definition) is 1. The molecule has 3 nitrogen and oxygen atoms in total. The van der Waals surface area contributed by atoms with Gasteiger partial charge in [0.1, 0.15) is 5.72 Å². The molecule has 0 radical (unpaired) electrons. The summed E-state index contributed by atoms with van der Waals surface area (Å²) in [5.41, 5.74) is -0.0723. The zero-order valence-electron chi connectivity index (χ0n) is 11.5. The molecule has 3 unspecified atom stereocenters. The quantitative estimate of drug-likeness (QED) is 0.844. The van der Waals surface area contributed by atoms with E-state index in [1.165, 1.54) is 19.5 Å². The fourth-order valence-corrected chi connectivity index (χ4v) is 3.08. The molecule has 0 spiro atoms. The van der Waals surface area contributed by atoms with Gasteiger partial charge in [-0.3, -0.25) is 5.32 Å². The zero-order valence-corrected chi connectivity index (χ0v) is 12.3. The maximum atomic E-state index is 5.88. The Morgan fingerprint density at radius 1 is 1.47 bits per heavy atom. The van der Waals surface area contributed by atoms with Crippen LogP contribution in [0.1, 0.15) is 40.5 Å². The van der Waals surface area contributed by atoms with Crippen LogP contribution in [0.3, 0.4) is 0 Å². The third kappa shape index (κ3) is 3.82. The van der Waals surface area contributed by atoms with Crippen molar-refractivity contribution < 1.29 is 4.74 Å². The summed E-state index contributed by atoms with van der Waals surface area (Å²) in [5.74, 6) is 0.796. The topological polar surface area (TPSA) is 24.5 Å². The molecule has 102 valence electrons. The van der Waals surface area contributed by atoms with Crippen LogP contribution in [0.25, 0.3) is 0 Å². The molecule has 1 N–H and O–H groups in total. The van der Waals surface area contributed by atoms with Crippen molar-refractivity contribution in [3.05, 3.63) is 0 Å². The van der Waals surface area contributed by atoms with Crippen LogP contribution in [0.4, 0.5) is 0 Å². The summed E-state index contributed by atoms with van der Waals surface area (Å²) >= 11 is 0. The van der Waals surface area contributed by atoms with Gasteiger partial charge in [0.2, 0.25) is 0 Å². The second-order valence-electron chi connectivity index (χ2n) is 6.03. The van der Waals surface area contributed by atoms with Crippen molar-refractivity contribution in [2.75, 3.05) is 19.7 Å². The van der Waals surface area contributed by atoms with Crippen molar-refractivity contribution in [2.45, 2.75) is 58.3 Å². The number of halogens is 1. The average Bonchev–Trinajstić information content (AvgIpc) is 2.74. The summed E-state index contributed by atoms with van der Waals surface area (Å²) < 4.78 is 5.88. The Balaban J connectivity index is 0.00000144. The highest BCUT2D eigenvalue weighted by molar-refractivity contribution is 5.85. The third-order valence-corrected chi connectivity index (χ3v) is 3.93. The van der Waals surface area contributed by atoms with E-state index in [-0.39, 0.29) is 18.1 Å². The minimum absolute atomic E-state index is 0. The van der Waals surface area contributed by atoms with Crippen LogP contribution in [0.2, 0.25) is 0 Å². The van der Waals surface area contributed by atoms with Gasteiger partial charge in [0.25, 0.3) is 0 Å². The molecule has 2 aliphatic rings. The monoisotopic (exact) mass is 262 g/mol. The highest BCUT2D eigenvalue weighted by Gasteiger charge is 2.37. The predicted octanol–water partition coefficient (Wildman–Crippen LogP) is 2.25. The first-order valence-corrected chi connectivity index (χ1v) is 6.64. The number of hydrogen-bond acceptors (Lipinski definition) is 3. The molecule has 2 rings (SSSR count). The van der Waals surface area contributed by atoms with Crippen LogP contribution < -0.4 is 5.32 Å². The summed E-state index contributed by atoms with van der Waals surface area (Å²) in [7, 11) is 0. The molecule has 2 fully saturated rings. The second kappa shape index (κ2) is 5.87. The van der Waals surface area contributed by atoms with Gasteiger partial charge in [-0.1, -0.05) is 0 Å². The lowest BCUT2D eigenvalue weighted by molar-refractivity contribution is -0.0127. The summed E-state index contributed by atoms with van der Waals surface area (Å²) in [6.45, 7) is 12.3. The summed E-state index contributed by atoms with van der Waals surface area (Å²) in [5, 5.41) is 3.56.